The van der Waals surface area contributed by atoms with Crippen LogP contribution in [0.4, 0.5) is 0 Å². The normalized spacial score (nSPS) is 10.3. The van der Waals surface area contributed by atoms with E-state index in [0.717, 1.165) is 21.3 Å². The van der Waals surface area contributed by atoms with Gasteiger partial charge < -0.3 is 10.1 Å². The van der Waals surface area contributed by atoms with Gasteiger partial charge in [-0.3, -0.25) is 4.79 Å². The standard InChI is InChI=1S/C18H20BrNO2/c1-13-5-3-8-17(14(13)2)22-10-9-18(21)20-12-15-6-4-7-16(19)11-15/h3-8,11H,9-10,12H2,1-2H3,(H,20,21). The molecule has 1 amide bonds. The number of carbonyl (C=O) groups is 1. The lowest BCUT2D eigenvalue weighted by Crippen LogP contribution is -2.24. The molecule has 0 bridgehead atoms. The minimum Gasteiger partial charge on any atom is -0.493 e. The molecule has 0 unspecified atom stereocenters. The number of rotatable bonds is 6. The van der Waals surface area contributed by atoms with Crippen molar-refractivity contribution in [1.82, 2.24) is 5.32 Å². The molecule has 4 heteroatoms. The van der Waals surface area contributed by atoms with Crippen LogP contribution in [0.25, 0.3) is 0 Å². The number of carbonyl (C=O) groups excluding carboxylic acids is 1. The molecule has 0 atom stereocenters. The predicted octanol–water partition coefficient (Wildman–Crippen LogP) is 4.15. The van der Waals surface area contributed by atoms with Gasteiger partial charge in [0.15, 0.2) is 0 Å². The lowest BCUT2D eigenvalue weighted by atomic mass is 10.1. The maximum Gasteiger partial charge on any atom is 0.223 e. The lowest BCUT2D eigenvalue weighted by Gasteiger charge is -2.11. The second-order valence-electron chi connectivity index (χ2n) is 5.20. The van der Waals surface area contributed by atoms with Gasteiger partial charge in [0, 0.05) is 11.0 Å². The molecule has 0 aromatic heterocycles. The number of halogens is 1. The summed E-state index contributed by atoms with van der Waals surface area (Å²) in [5.74, 6) is 0.838. The molecule has 0 saturated heterocycles. The van der Waals surface area contributed by atoms with E-state index < -0.39 is 0 Å². The molecule has 22 heavy (non-hydrogen) atoms. The van der Waals surface area contributed by atoms with Crippen molar-refractivity contribution in [2.45, 2.75) is 26.8 Å². The number of hydrogen-bond acceptors (Lipinski definition) is 2. The molecule has 0 fully saturated rings. The van der Waals surface area contributed by atoms with E-state index in [-0.39, 0.29) is 5.91 Å². The van der Waals surface area contributed by atoms with Gasteiger partial charge >= 0.3 is 0 Å². The fraction of sp³-hybridized carbons (Fsp3) is 0.278. The largest absolute Gasteiger partial charge is 0.493 e. The molecule has 0 saturated carbocycles. The SMILES string of the molecule is Cc1cccc(OCCC(=O)NCc2cccc(Br)c2)c1C. The second kappa shape index (κ2) is 7.99. The minimum atomic E-state index is -0.00900. The first-order valence-electron chi connectivity index (χ1n) is 7.26. The summed E-state index contributed by atoms with van der Waals surface area (Å²) in [7, 11) is 0. The van der Waals surface area contributed by atoms with Crippen LogP contribution in [-0.4, -0.2) is 12.5 Å². The van der Waals surface area contributed by atoms with Crippen LogP contribution in [0, 0.1) is 13.8 Å². The van der Waals surface area contributed by atoms with Gasteiger partial charge in [-0.25, -0.2) is 0 Å². The van der Waals surface area contributed by atoms with E-state index in [1.54, 1.807) is 0 Å². The van der Waals surface area contributed by atoms with Gasteiger partial charge in [0.25, 0.3) is 0 Å². The summed E-state index contributed by atoms with van der Waals surface area (Å²) in [6.07, 6.45) is 0.349. The number of ether oxygens (including phenoxy) is 1. The fourth-order valence-corrected chi connectivity index (χ4v) is 2.52. The highest BCUT2D eigenvalue weighted by Gasteiger charge is 2.05. The van der Waals surface area contributed by atoms with Crippen molar-refractivity contribution >= 4 is 21.8 Å². The van der Waals surface area contributed by atoms with Crippen molar-refractivity contribution in [3.63, 3.8) is 0 Å². The third-order valence-electron chi connectivity index (χ3n) is 3.52. The summed E-state index contributed by atoms with van der Waals surface area (Å²) < 4.78 is 6.70. The molecule has 2 aromatic rings. The zero-order valence-corrected chi connectivity index (χ0v) is 14.4. The molecular formula is C18H20BrNO2. The van der Waals surface area contributed by atoms with E-state index in [9.17, 15) is 4.79 Å². The van der Waals surface area contributed by atoms with E-state index in [2.05, 4.69) is 21.2 Å². The van der Waals surface area contributed by atoms with Crippen LogP contribution in [0.3, 0.4) is 0 Å². The molecule has 0 spiro atoms. The first-order valence-corrected chi connectivity index (χ1v) is 8.05. The summed E-state index contributed by atoms with van der Waals surface area (Å²) in [5.41, 5.74) is 3.38. The Kier molecular flexibility index (Phi) is 6.01. The predicted molar refractivity (Wildman–Crippen MR) is 92.0 cm³/mol. The molecule has 2 rings (SSSR count). The van der Waals surface area contributed by atoms with Crippen molar-refractivity contribution in [2.24, 2.45) is 0 Å². The third kappa shape index (κ3) is 4.88. The Morgan fingerprint density at radius 3 is 2.73 bits per heavy atom. The van der Waals surface area contributed by atoms with Crippen molar-refractivity contribution in [3.8, 4) is 5.75 Å². The molecule has 0 aliphatic carbocycles. The summed E-state index contributed by atoms with van der Waals surface area (Å²) >= 11 is 3.42. The van der Waals surface area contributed by atoms with E-state index in [1.807, 2.05) is 56.3 Å². The molecular weight excluding hydrogens is 342 g/mol. The van der Waals surface area contributed by atoms with Crippen LogP contribution >= 0.6 is 15.9 Å². The second-order valence-corrected chi connectivity index (χ2v) is 6.12. The zero-order chi connectivity index (χ0) is 15.9. The number of amides is 1. The minimum absolute atomic E-state index is 0.00900. The first-order chi connectivity index (χ1) is 10.6. The van der Waals surface area contributed by atoms with Crippen LogP contribution in [0.1, 0.15) is 23.1 Å². The number of aryl methyl sites for hydroxylation is 1. The molecule has 1 N–H and O–H groups in total. The molecule has 2 aromatic carbocycles. The van der Waals surface area contributed by atoms with Gasteiger partial charge in [-0.2, -0.15) is 0 Å². The molecule has 0 aliphatic heterocycles. The van der Waals surface area contributed by atoms with Crippen molar-refractivity contribution in [1.29, 1.82) is 0 Å². The highest BCUT2D eigenvalue weighted by molar-refractivity contribution is 9.10. The van der Waals surface area contributed by atoms with Crippen LogP contribution in [-0.2, 0) is 11.3 Å². The van der Waals surface area contributed by atoms with Crippen LogP contribution in [0.5, 0.6) is 5.75 Å². The first kappa shape index (κ1) is 16.6. The highest BCUT2D eigenvalue weighted by atomic mass is 79.9. The van der Waals surface area contributed by atoms with Gasteiger partial charge in [-0.15, -0.1) is 0 Å². The molecule has 0 aliphatic rings. The number of hydrogen-bond donors (Lipinski definition) is 1. The Labute approximate surface area is 139 Å². The van der Waals surface area contributed by atoms with Crippen molar-refractivity contribution in [2.75, 3.05) is 6.61 Å². The Balaban J connectivity index is 1.75. The van der Waals surface area contributed by atoms with E-state index in [1.165, 1.54) is 5.56 Å². The van der Waals surface area contributed by atoms with Crippen molar-refractivity contribution < 1.29 is 9.53 Å². The third-order valence-corrected chi connectivity index (χ3v) is 4.01. The van der Waals surface area contributed by atoms with Crippen molar-refractivity contribution in [3.05, 3.63) is 63.6 Å². The highest BCUT2D eigenvalue weighted by Crippen LogP contribution is 2.20. The maximum absolute atomic E-state index is 11.8. The molecule has 116 valence electrons. The summed E-state index contributed by atoms with van der Waals surface area (Å²) in [4.78, 5) is 11.8. The average molecular weight is 362 g/mol. The monoisotopic (exact) mass is 361 g/mol. The zero-order valence-electron chi connectivity index (χ0n) is 12.9. The van der Waals surface area contributed by atoms with Gasteiger partial charge in [-0.05, 0) is 48.7 Å². The van der Waals surface area contributed by atoms with Crippen LogP contribution in [0.2, 0.25) is 0 Å². The topological polar surface area (TPSA) is 38.3 Å². The molecule has 0 radical (unpaired) electrons. The summed E-state index contributed by atoms with van der Waals surface area (Å²) in [6, 6.07) is 13.8. The maximum atomic E-state index is 11.8. The Bertz CT molecular complexity index is 655. The summed E-state index contributed by atoms with van der Waals surface area (Å²) in [5, 5.41) is 2.90. The smallest absolute Gasteiger partial charge is 0.223 e. The van der Waals surface area contributed by atoms with Gasteiger partial charge in [0.05, 0.1) is 13.0 Å². The van der Waals surface area contributed by atoms with E-state index in [4.69, 9.17) is 4.74 Å². The van der Waals surface area contributed by atoms with Crippen LogP contribution in [0.15, 0.2) is 46.9 Å². The fourth-order valence-electron chi connectivity index (χ4n) is 2.07. The van der Waals surface area contributed by atoms with E-state index >= 15 is 0 Å². The Morgan fingerprint density at radius 1 is 1.18 bits per heavy atom. The number of nitrogens with one attached hydrogen (secondary N) is 1. The van der Waals surface area contributed by atoms with Gasteiger partial charge in [-0.1, -0.05) is 40.2 Å². The summed E-state index contributed by atoms with van der Waals surface area (Å²) in [6.45, 7) is 4.99. The Morgan fingerprint density at radius 2 is 1.95 bits per heavy atom. The average Bonchev–Trinajstić information content (AvgIpc) is 2.49. The van der Waals surface area contributed by atoms with Gasteiger partial charge in [0.2, 0.25) is 5.91 Å². The van der Waals surface area contributed by atoms with Gasteiger partial charge in [0.1, 0.15) is 5.75 Å². The van der Waals surface area contributed by atoms with Crippen LogP contribution < -0.4 is 10.1 Å². The Hall–Kier alpha value is -1.81. The molecule has 0 heterocycles. The molecule has 3 nitrogen and oxygen atoms in total. The number of benzene rings is 2. The quantitative estimate of drug-likeness (QED) is 0.838. The van der Waals surface area contributed by atoms with E-state index in [0.29, 0.717) is 19.6 Å². The lowest BCUT2D eigenvalue weighted by molar-refractivity contribution is -0.121.